The zero-order valence-corrected chi connectivity index (χ0v) is 11.7. The molecule has 0 saturated heterocycles. The highest BCUT2D eigenvalue weighted by Gasteiger charge is 2.32. The standard InChI is InChI=1S/C14H23N3O/c1-5-17(6-2)14(3,4)12(18)9-11-7-8-16-13(15)10-11/h7-8,10H,5-6,9H2,1-4H3,(H2,15,16). The number of nitrogens with zero attached hydrogens (tertiary/aromatic N) is 2. The molecule has 0 radical (unpaired) electrons. The maximum Gasteiger partial charge on any atom is 0.156 e. The molecule has 0 saturated carbocycles. The van der Waals surface area contributed by atoms with Crippen LogP contribution in [0.25, 0.3) is 0 Å². The minimum absolute atomic E-state index is 0.205. The smallest absolute Gasteiger partial charge is 0.156 e. The van der Waals surface area contributed by atoms with E-state index in [-0.39, 0.29) is 5.78 Å². The molecule has 1 aromatic heterocycles. The number of aromatic nitrogens is 1. The second-order valence-corrected chi connectivity index (χ2v) is 4.92. The molecule has 1 aromatic rings. The molecule has 18 heavy (non-hydrogen) atoms. The van der Waals surface area contributed by atoms with Crippen molar-refractivity contribution in [3.63, 3.8) is 0 Å². The summed E-state index contributed by atoms with van der Waals surface area (Å²) >= 11 is 0. The van der Waals surface area contributed by atoms with Crippen LogP contribution in [-0.2, 0) is 11.2 Å². The van der Waals surface area contributed by atoms with Crippen molar-refractivity contribution < 1.29 is 4.79 Å². The first-order chi connectivity index (χ1) is 8.41. The SMILES string of the molecule is CCN(CC)C(C)(C)C(=O)Cc1ccnc(N)c1. The van der Waals surface area contributed by atoms with Gasteiger partial charge in [-0.1, -0.05) is 13.8 Å². The number of hydrogen-bond donors (Lipinski definition) is 1. The molecular formula is C14H23N3O. The number of pyridine rings is 1. The highest BCUT2D eigenvalue weighted by molar-refractivity contribution is 5.89. The van der Waals surface area contributed by atoms with Gasteiger partial charge in [0.1, 0.15) is 5.82 Å². The Morgan fingerprint density at radius 3 is 2.50 bits per heavy atom. The van der Waals surface area contributed by atoms with Crippen LogP contribution >= 0.6 is 0 Å². The maximum atomic E-state index is 12.4. The minimum Gasteiger partial charge on any atom is -0.384 e. The van der Waals surface area contributed by atoms with Gasteiger partial charge in [0.15, 0.2) is 5.78 Å². The molecule has 0 aliphatic heterocycles. The van der Waals surface area contributed by atoms with Gasteiger partial charge < -0.3 is 5.73 Å². The van der Waals surface area contributed by atoms with E-state index in [0.717, 1.165) is 18.7 Å². The largest absolute Gasteiger partial charge is 0.384 e. The van der Waals surface area contributed by atoms with Gasteiger partial charge in [0.2, 0.25) is 0 Å². The van der Waals surface area contributed by atoms with Gasteiger partial charge in [0.05, 0.1) is 5.54 Å². The molecule has 1 heterocycles. The number of nitrogen functional groups attached to an aromatic ring is 1. The summed E-state index contributed by atoms with van der Waals surface area (Å²) in [5.74, 6) is 0.665. The Bertz CT molecular complexity index is 411. The average Bonchev–Trinajstić information content (AvgIpc) is 2.30. The highest BCUT2D eigenvalue weighted by atomic mass is 16.1. The number of carbonyl (C=O) groups excluding carboxylic acids is 1. The predicted octanol–water partition coefficient (Wildman–Crippen LogP) is 1.90. The van der Waals surface area contributed by atoms with Crippen LogP contribution in [-0.4, -0.2) is 34.3 Å². The molecule has 0 amide bonds. The molecule has 0 unspecified atom stereocenters. The van der Waals surface area contributed by atoms with Gasteiger partial charge in [0.25, 0.3) is 0 Å². The van der Waals surface area contributed by atoms with Crippen LogP contribution < -0.4 is 5.73 Å². The van der Waals surface area contributed by atoms with Gasteiger partial charge in [-0.05, 0) is 44.6 Å². The Kier molecular flexibility index (Phi) is 4.84. The zero-order chi connectivity index (χ0) is 13.8. The van der Waals surface area contributed by atoms with Crippen molar-refractivity contribution in [1.29, 1.82) is 0 Å². The molecule has 0 aliphatic rings. The Morgan fingerprint density at radius 1 is 1.39 bits per heavy atom. The van der Waals surface area contributed by atoms with Crippen LogP contribution in [0.3, 0.4) is 0 Å². The van der Waals surface area contributed by atoms with Crippen molar-refractivity contribution in [1.82, 2.24) is 9.88 Å². The minimum atomic E-state index is -0.443. The van der Waals surface area contributed by atoms with E-state index in [1.165, 1.54) is 0 Å². The Hall–Kier alpha value is -1.42. The first-order valence-electron chi connectivity index (χ1n) is 6.40. The van der Waals surface area contributed by atoms with E-state index < -0.39 is 5.54 Å². The molecule has 0 spiro atoms. The molecule has 0 atom stereocenters. The first-order valence-corrected chi connectivity index (χ1v) is 6.40. The van der Waals surface area contributed by atoms with E-state index in [0.29, 0.717) is 12.2 Å². The number of anilines is 1. The van der Waals surface area contributed by atoms with Gasteiger partial charge in [-0.2, -0.15) is 0 Å². The van der Waals surface area contributed by atoms with E-state index in [1.54, 1.807) is 12.3 Å². The fourth-order valence-electron chi connectivity index (χ4n) is 2.20. The second-order valence-electron chi connectivity index (χ2n) is 4.92. The number of likely N-dealkylation sites (N-methyl/N-ethyl adjacent to an activating group) is 1. The third kappa shape index (κ3) is 3.29. The monoisotopic (exact) mass is 249 g/mol. The van der Waals surface area contributed by atoms with Gasteiger partial charge >= 0.3 is 0 Å². The lowest BCUT2D eigenvalue weighted by Gasteiger charge is -2.35. The number of nitrogens with two attached hydrogens (primary N) is 1. The predicted molar refractivity (Wildman–Crippen MR) is 74.4 cm³/mol. The number of ketones is 1. The summed E-state index contributed by atoms with van der Waals surface area (Å²) in [5.41, 5.74) is 6.10. The van der Waals surface area contributed by atoms with Crippen molar-refractivity contribution in [2.24, 2.45) is 0 Å². The van der Waals surface area contributed by atoms with Crippen molar-refractivity contribution in [2.45, 2.75) is 39.7 Å². The Balaban J connectivity index is 2.81. The van der Waals surface area contributed by atoms with Crippen molar-refractivity contribution >= 4 is 11.6 Å². The van der Waals surface area contributed by atoms with Crippen molar-refractivity contribution in [3.05, 3.63) is 23.9 Å². The van der Waals surface area contributed by atoms with Crippen LogP contribution in [0.1, 0.15) is 33.3 Å². The number of carbonyl (C=O) groups is 1. The molecule has 1 rings (SSSR count). The molecular weight excluding hydrogens is 226 g/mol. The highest BCUT2D eigenvalue weighted by Crippen LogP contribution is 2.18. The fraction of sp³-hybridized carbons (Fsp3) is 0.571. The van der Waals surface area contributed by atoms with Gasteiger partial charge in [-0.15, -0.1) is 0 Å². The molecule has 4 nitrogen and oxygen atoms in total. The molecule has 4 heteroatoms. The Labute approximate surface area is 109 Å². The van der Waals surface area contributed by atoms with Crippen LogP contribution in [0, 0.1) is 0 Å². The summed E-state index contributed by atoms with van der Waals surface area (Å²) in [4.78, 5) is 18.5. The lowest BCUT2D eigenvalue weighted by atomic mass is 9.92. The lowest BCUT2D eigenvalue weighted by Crippen LogP contribution is -2.50. The molecule has 0 aliphatic carbocycles. The fourth-order valence-corrected chi connectivity index (χ4v) is 2.20. The summed E-state index contributed by atoms with van der Waals surface area (Å²) in [5, 5.41) is 0. The van der Waals surface area contributed by atoms with E-state index in [9.17, 15) is 4.79 Å². The van der Waals surface area contributed by atoms with Crippen LogP contribution in [0.5, 0.6) is 0 Å². The van der Waals surface area contributed by atoms with Gasteiger partial charge in [-0.3, -0.25) is 9.69 Å². The van der Waals surface area contributed by atoms with Crippen LogP contribution in [0.2, 0.25) is 0 Å². The second kappa shape index (κ2) is 5.96. The van der Waals surface area contributed by atoms with E-state index in [1.807, 2.05) is 19.9 Å². The quantitative estimate of drug-likeness (QED) is 0.836. The van der Waals surface area contributed by atoms with E-state index >= 15 is 0 Å². The number of Topliss-reactive ketones (excluding diaryl/α,β-unsaturated/α-hetero) is 1. The number of rotatable bonds is 6. The lowest BCUT2D eigenvalue weighted by molar-refractivity contribution is -0.128. The maximum absolute atomic E-state index is 12.4. The Morgan fingerprint density at radius 2 is 2.00 bits per heavy atom. The van der Waals surface area contributed by atoms with Crippen molar-refractivity contribution in [3.8, 4) is 0 Å². The molecule has 0 aromatic carbocycles. The molecule has 100 valence electrons. The van der Waals surface area contributed by atoms with Gasteiger partial charge in [0, 0.05) is 12.6 Å². The van der Waals surface area contributed by atoms with Crippen LogP contribution in [0.15, 0.2) is 18.3 Å². The summed E-state index contributed by atoms with van der Waals surface area (Å²) in [7, 11) is 0. The third-order valence-corrected chi connectivity index (χ3v) is 3.45. The third-order valence-electron chi connectivity index (χ3n) is 3.45. The summed E-state index contributed by atoms with van der Waals surface area (Å²) in [6.45, 7) is 9.84. The summed E-state index contributed by atoms with van der Waals surface area (Å²) < 4.78 is 0. The molecule has 0 fully saturated rings. The normalized spacial score (nSPS) is 11.8. The summed E-state index contributed by atoms with van der Waals surface area (Å²) in [6, 6.07) is 3.60. The zero-order valence-electron chi connectivity index (χ0n) is 11.7. The van der Waals surface area contributed by atoms with Gasteiger partial charge in [-0.25, -0.2) is 4.98 Å². The molecule has 0 bridgehead atoms. The number of hydrogen-bond acceptors (Lipinski definition) is 4. The summed E-state index contributed by atoms with van der Waals surface area (Å²) in [6.07, 6.45) is 2.04. The van der Waals surface area contributed by atoms with Crippen LogP contribution in [0.4, 0.5) is 5.82 Å². The topological polar surface area (TPSA) is 59.2 Å². The van der Waals surface area contributed by atoms with E-state index in [2.05, 4.69) is 23.7 Å². The molecule has 2 N–H and O–H groups in total. The van der Waals surface area contributed by atoms with Crippen molar-refractivity contribution in [2.75, 3.05) is 18.8 Å². The first kappa shape index (κ1) is 14.6. The average molecular weight is 249 g/mol. The van der Waals surface area contributed by atoms with E-state index in [4.69, 9.17) is 5.73 Å².